The predicted molar refractivity (Wildman–Crippen MR) is 131 cm³/mol. The summed E-state index contributed by atoms with van der Waals surface area (Å²) >= 11 is 1.66. The lowest BCUT2D eigenvalue weighted by molar-refractivity contribution is -0.130. The van der Waals surface area contributed by atoms with E-state index in [1.807, 2.05) is 35.2 Å². The maximum absolute atomic E-state index is 13.9. The lowest BCUT2D eigenvalue weighted by Gasteiger charge is -2.30. The average Bonchev–Trinajstić information content (AvgIpc) is 3.22. The summed E-state index contributed by atoms with van der Waals surface area (Å²) in [5, 5.41) is 10.4. The third-order valence-corrected chi connectivity index (χ3v) is 7.33. The number of phenols is 1. The fourth-order valence-corrected chi connectivity index (χ4v) is 5.80. The molecule has 1 aliphatic heterocycles. The summed E-state index contributed by atoms with van der Waals surface area (Å²) in [6.07, 6.45) is 1.68. The zero-order valence-corrected chi connectivity index (χ0v) is 18.9. The van der Waals surface area contributed by atoms with Crippen molar-refractivity contribution in [3.63, 3.8) is 0 Å². The zero-order chi connectivity index (χ0) is 22.1. The third-order valence-electron chi connectivity index (χ3n) is 6.05. The maximum Gasteiger partial charge on any atom is 0.240 e. The number of benzene rings is 3. The van der Waals surface area contributed by atoms with Crippen molar-refractivity contribution in [3.05, 3.63) is 83.9 Å². The summed E-state index contributed by atoms with van der Waals surface area (Å²) in [7, 11) is 0. The highest BCUT2D eigenvalue weighted by Gasteiger charge is 2.35. The van der Waals surface area contributed by atoms with Gasteiger partial charge in [0.25, 0.3) is 0 Å². The first kappa shape index (κ1) is 20.7. The summed E-state index contributed by atoms with van der Waals surface area (Å²) in [6, 6.07) is 23.8. The van der Waals surface area contributed by atoms with E-state index in [4.69, 9.17) is 0 Å². The number of aromatic hydroxyl groups is 1. The molecule has 4 aromatic rings. The van der Waals surface area contributed by atoms with Crippen LogP contribution in [0.4, 0.5) is 0 Å². The second kappa shape index (κ2) is 8.75. The SMILES string of the molecule is CCCN(CCc1ccc(O)cc1)C(=O)C1Sc2ccccc2-c2[nH]c3ccccc3c21. The summed E-state index contributed by atoms with van der Waals surface area (Å²) in [4.78, 5) is 20.7. The van der Waals surface area contributed by atoms with Crippen molar-refractivity contribution in [1.29, 1.82) is 0 Å². The number of fused-ring (bicyclic) bond motifs is 5. The van der Waals surface area contributed by atoms with Gasteiger partial charge in [-0.25, -0.2) is 0 Å². The molecule has 0 fully saturated rings. The van der Waals surface area contributed by atoms with Crippen LogP contribution in [0.25, 0.3) is 22.2 Å². The summed E-state index contributed by atoms with van der Waals surface area (Å²) in [5.41, 5.74) is 5.51. The first-order chi connectivity index (χ1) is 15.7. The highest BCUT2D eigenvalue weighted by atomic mass is 32.2. The van der Waals surface area contributed by atoms with Gasteiger partial charge in [-0.3, -0.25) is 4.79 Å². The largest absolute Gasteiger partial charge is 0.508 e. The van der Waals surface area contributed by atoms with Crippen LogP contribution in [-0.4, -0.2) is 34.0 Å². The molecule has 2 N–H and O–H groups in total. The number of nitrogens with one attached hydrogen (secondary N) is 1. The van der Waals surface area contributed by atoms with E-state index in [1.54, 1.807) is 23.9 Å². The van der Waals surface area contributed by atoms with E-state index >= 15 is 0 Å². The number of thioether (sulfide) groups is 1. The summed E-state index contributed by atoms with van der Waals surface area (Å²) in [6.45, 7) is 3.50. The van der Waals surface area contributed by atoms with Gasteiger partial charge in [-0.2, -0.15) is 0 Å². The molecule has 0 saturated heterocycles. The molecule has 1 aliphatic rings. The Morgan fingerprint density at radius 2 is 1.75 bits per heavy atom. The molecule has 1 unspecified atom stereocenters. The van der Waals surface area contributed by atoms with E-state index in [0.29, 0.717) is 6.54 Å². The Kier molecular flexibility index (Phi) is 5.66. The number of carbonyl (C=O) groups is 1. The fraction of sp³-hybridized carbons (Fsp3) is 0.222. The molecule has 2 heterocycles. The van der Waals surface area contributed by atoms with E-state index in [-0.39, 0.29) is 16.9 Å². The highest BCUT2D eigenvalue weighted by molar-refractivity contribution is 8.00. The van der Waals surface area contributed by atoms with Gasteiger partial charge in [0.05, 0.1) is 5.69 Å². The number of amides is 1. The van der Waals surface area contributed by atoms with E-state index in [1.165, 1.54) is 5.56 Å². The van der Waals surface area contributed by atoms with Crippen molar-refractivity contribution in [1.82, 2.24) is 9.88 Å². The summed E-state index contributed by atoms with van der Waals surface area (Å²) in [5.74, 6) is 0.426. The number of carbonyl (C=O) groups excluding carboxylic acids is 1. The summed E-state index contributed by atoms with van der Waals surface area (Å²) < 4.78 is 0. The Balaban J connectivity index is 1.50. The van der Waals surface area contributed by atoms with Gasteiger partial charge >= 0.3 is 0 Å². The van der Waals surface area contributed by atoms with E-state index in [9.17, 15) is 9.90 Å². The van der Waals surface area contributed by atoms with Crippen LogP contribution >= 0.6 is 11.8 Å². The molecule has 32 heavy (non-hydrogen) atoms. The molecule has 0 saturated carbocycles. The number of aromatic amines is 1. The lowest BCUT2D eigenvalue weighted by atomic mass is 10.0. The minimum absolute atomic E-state index is 0.163. The number of hydrogen-bond donors (Lipinski definition) is 2. The highest BCUT2D eigenvalue weighted by Crippen LogP contribution is 2.51. The Morgan fingerprint density at radius 3 is 2.56 bits per heavy atom. The molecule has 0 spiro atoms. The lowest BCUT2D eigenvalue weighted by Crippen LogP contribution is -2.37. The minimum atomic E-state index is -0.276. The fourth-order valence-electron chi connectivity index (χ4n) is 4.48. The second-order valence-electron chi connectivity index (χ2n) is 8.20. The molecule has 5 rings (SSSR count). The van der Waals surface area contributed by atoms with Gasteiger partial charge in [0.15, 0.2) is 0 Å². The van der Waals surface area contributed by atoms with Gasteiger partial charge in [-0.05, 0) is 42.7 Å². The van der Waals surface area contributed by atoms with E-state index in [2.05, 4.69) is 42.2 Å². The van der Waals surface area contributed by atoms with E-state index in [0.717, 1.165) is 52.0 Å². The molecule has 5 heteroatoms. The molecule has 4 nitrogen and oxygen atoms in total. The smallest absolute Gasteiger partial charge is 0.240 e. The molecule has 1 amide bonds. The van der Waals surface area contributed by atoms with Gasteiger partial charge < -0.3 is 15.0 Å². The Labute approximate surface area is 192 Å². The molecule has 1 aromatic heterocycles. The second-order valence-corrected chi connectivity index (χ2v) is 9.34. The minimum Gasteiger partial charge on any atom is -0.508 e. The van der Waals surface area contributed by atoms with Crippen molar-refractivity contribution in [3.8, 4) is 17.0 Å². The van der Waals surface area contributed by atoms with Crippen LogP contribution in [0.5, 0.6) is 5.75 Å². The topological polar surface area (TPSA) is 56.3 Å². The molecule has 1 atom stereocenters. The third kappa shape index (κ3) is 3.78. The van der Waals surface area contributed by atoms with Crippen LogP contribution < -0.4 is 0 Å². The number of phenolic OH excluding ortho intramolecular Hbond substituents is 1. The van der Waals surface area contributed by atoms with Crippen LogP contribution in [-0.2, 0) is 11.2 Å². The number of rotatable bonds is 6. The van der Waals surface area contributed by atoms with Crippen LogP contribution in [0, 0.1) is 0 Å². The molecule has 0 bridgehead atoms. The van der Waals surface area contributed by atoms with Crippen molar-refractivity contribution >= 4 is 28.6 Å². The van der Waals surface area contributed by atoms with E-state index < -0.39 is 0 Å². The van der Waals surface area contributed by atoms with Crippen LogP contribution in [0.1, 0.15) is 29.7 Å². The standard InChI is InChI=1S/C27H26N2O2S/c1-2-16-29(17-15-18-11-13-19(30)14-12-18)27(31)26-24-20-7-3-5-9-22(20)28-25(24)21-8-4-6-10-23(21)32-26/h3-14,26,28,30H,2,15-17H2,1H3. The quantitative estimate of drug-likeness (QED) is 0.375. The normalized spacial score (nSPS) is 14.7. The van der Waals surface area contributed by atoms with Crippen LogP contribution in [0.2, 0.25) is 0 Å². The Bertz CT molecular complexity index is 1260. The Hall–Kier alpha value is -3.18. The molecule has 0 aliphatic carbocycles. The number of hydrogen-bond acceptors (Lipinski definition) is 3. The van der Waals surface area contributed by atoms with Gasteiger partial charge in [0.2, 0.25) is 5.91 Å². The Morgan fingerprint density at radius 1 is 1.00 bits per heavy atom. The maximum atomic E-state index is 13.9. The zero-order valence-electron chi connectivity index (χ0n) is 18.0. The first-order valence-corrected chi connectivity index (χ1v) is 12.0. The van der Waals surface area contributed by atoms with Crippen molar-refractivity contribution < 1.29 is 9.90 Å². The van der Waals surface area contributed by atoms with Crippen molar-refractivity contribution in [2.24, 2.45) is 0 Å². The number of H-pyrrole nitrogens is 1. The predicted octanol–water partition coefficient (Wildman–Crippen LogP) is 6.17. The molecule has 3 aromatic carbocycles. The van der Waals surface area contributed by atoms with Gasteiger partial charge in [0.1, 0.15) is 11.0 Å². The van der Waals surface area contributed by atoms with Gasteiger partial charge in [-0.1, -0.05) is 55.5 Å². The van der Waals surface area contributed by atoms with Gasteiger partial charge in [0, 0.05) is 40.0 Å². The van der Waals surface area contributed by atoms with Crippen LogP contribution in [0.3, 0.4) is 0 Å². The number of aromatic nitrogens is 1. The number of nitrogens with zero attached hydrogens (tertiary/aromatic N) is 1. The molecule has 0 radical (unpaired) electrons. The van der Waals surface area contributed by atoms with Crippen LogP contribution in [0.15, 0.2) is 77.7 Å². The van der Waals surface area contributed by atoms with Crippen molar-refractivity contribution in [2.45, 2.75) is 29.9 Å². The number of para-hydroxylation sites is 1. The van der Waals surface area contributed by atoms with Crippen molar-refractivity contribution in [2.75, 3.05) is 13.1 Å². The monoisotopic (exact) mass is 442 g/mol. The molecule has 162 valence electrons. The molecular formula is C27H26N2O2S. The molecular weight excluding hydrogens is 416 g/mol. The first-order valence-electron chi connectivity index (χ1n) is 11.1. The average molecular weight is 443 g/mol. The van der Waals surface area contributed by atoms with Gasteiger partial charge in [-0.15, -0.1) is 11.8 Å².